The number of carbonyl (C=O) groups is 1. The first kappa shape index (κ1) is 29.2. The minimum Gasteiger partial charge on any atom is -0.444 e. The van der Waals surface area contributed by atoms with Gasteiger partial charge in [0.1, 0.15) is 5.60 Å². The maximum atomic E-state index is 12.1. The minimum atomic E-state index is -0.419. The zero-order chi connectivity index (χ0) is 26.7. The highest BCUT2D eigenvalue weighted by molar-refractivity contribution is 5.68. The number of hydrogen-bond acceptors (Lipinski definition) is 5. The minimum absolute atomic E-state index is 0.184. The lowest BCUT2D eigenvalue weighted by Gasteiger charge is -2.37. The van der Waals surface area contributed by atoms with E-state index in [0.717, 1.165) is 45.1 Å². The van der Waals surface area contributed by atoms with E-state index >= 15 is 0 Å². The normalized spacial score (nSPS) is 17.4. The highest BCUT2D eigenvalue weighted by Crippen LogP contribution is 2.20. The van der Waals surface area contributed by atoms with E-state index in [1.165, 1.54) is 37.1 Å². The van der Waals surface area contributed by atoms with Crippen molar-refractivity contribution < 1.29 is 9.53 Å². The fourth-order valence-electron chi connectivity index (χ4n) is 5.06. The molecular weight excluding hydrogens is 460 g/mol. The summed E-state index contributed by atoms with van der Waals surface area (Å²) in [4.78, 5) is 18.8. The number of ether oxygens (including phenoxy) is 1. The maximum Gasteiger partial charge on any atom is 0.410 e. The number of hydrogen-bond donors (Lipinski definition) is 1. The second-order valence-electron chi connectivity index (χ2n) is 11.5. The van der Waals surface area contributed by atoms with E-state index in [9.17, 15) is 4.79 Å². The first-order chi connectivity index (χ1) is 17.7. The number of nitrogens with one attached hydrogen (secondary N) is 1. The second-order valence-corrected chi connectivity index (χ2v) is 11.5. The van der Waals surface area contributed by atoms with Crippen molar-refractivity contribution in [1.29, 1.82) is 0 Å². The van der Waals surface area contributed by atoms with E-state index in [4.69, 9.17) is 4.74 Å². The lowest BCUT2D eigenvalue weighted by Crippen LogP contribution is -2.46. The second kappa shape index (κ2) is 14.5. The highest BCUT2D eigenvalue weighted by atomic mass is 16.6. The molecule has 2 aromatic rings. The van der Waals surface area contributed by atoms with Crippen molar-refractivity contribution in [3.05, 3.63) is 71.8 Å². The smallest absolute Gasteiger partial charge is 0.410 e. The summed E-state index contributed by atoms with van der Waals surface area (Å²) in [5, 5.41) is 3.41. The molecule has 6 nitrogen and oxygen atoms in total. The molecule has 2 aliphatic heterocycles. The van der Waals surface area contributed by atoms with Crippen LogP contribution in [0.15, 0.2) is 60.7 Å². The van der Waals surface area contributed by atoms with Gasteiger partial charge in [0.05, 0.1) is 0 Å². The van der Waals surface area contributed by atoms with Gasteiger partial charge < -0.3 is 15.0 Å². The van der Waals surface area contributed by atoms with E-state index < -0.39 is 5.60 Å². The van der Waals surface area contributed by atoms with Gasteiger partial charge in [-0.25, -0.2) is 4.79 Å². The SMILES string of the molecule is CN(Cc1ccccc1)C1CCN(C(=O)OC(C)(C)C)CC1.CN(Cc1ccccc1)C1CCNCC1. The van der Waals surface area contributed by atoms with Crippen LogP contribution < -0.4 is 5.32 Å². The van der Waals surface area contributed by atoms with Crippen molar-refractivity contribution in [3.8, 4) is 0 Å². The molecule has 0 aromatic heterocycles. The summed E-state index contributed by atoms with van der Waals surface area (Å²) in [7, 11) is 4.41. The van der Waals surface area contributed by atoms with Crippen LogP contribution in [0.2, 0.25) is 0 Å². The molecule has 0 radical (unpaired) electrons. The molecule has 1 amide bonds. The monoisotopic (exact) mass is 508 g/mol. The average molecular weight is 509 g/mol. The molecule has 2 fully saturated rings. The molecule has 0 aliphatic carbocycles. The van der Waals surface area contributed by atoms with Gasteiger partial charge in [-0.15, -0.1) is 0 Å². The fourth-order valence-corrected chi connectivity index (χ4v) is 5.06. The zero-order valence-corrected chi connectivity index (χ0v) is 23.7. The van der Waals surface area contributed by atoms with Gasteiger partial charge in [-0.1, -0.05) is 60.7 Å². The molecule has 0 bridgehead atoms. The third kappa shape index (κ3) is 10.5. The molecule has 6 heteroatoms. The van der Waals surface area contributed by atoms with Crippen LogP contribution in [0.3, 0.4) is 0 Å². The molecule has 2 aliphatic rings. The van der Waals surface area contributed by atoms with Crippen LogP contribution in [0.4, 0.5) is 4.79 Å². The van der Waals surface area contributed by atoms with Crippen LogP contribution in [-0.4, -0.2) is 78.8 Å². The van der Waals surface area contributed by atoms with Gasteiger partial charge in [-0.2, -0.15) is 0 Å². The molecule has 37 heavy (non-hydrogen) atoms. The molecule has 2 aromatic carbocycles. The number of nitrogens with zero attached hydrogens (tertiary/aromatic N) is 3. The Kier molecular flexibility index (Phi) is 11.4. The quantitative estimate of drug-likeness (QED) is 0.567. The number of piperidine rings is 2. The van der Waals surface area contributed by atoms with E-state index in [2.05, 4.69) is 83.8 Å². The molecule has 4 rings (SSSR count). The van der Waals surface area contributed by atoms with Crippen molar-refractivity contribution in [2.75, 3.05) is 40.3 Å². The van der Waals surface area contributed by atoms with Crippen molar-refractivity contribution in [1.82, 2.24) is 20.0 Å². The van der Waals surface area contributed by atoms with Gasteiger partial charge in [-0.3, -0.25) is 9.80 Å². The Morgan fingerprint density at radius 1 is 0.811 bits per heavy atom. The summed E-state index contributed by atoms with van der Waals surface area (Å²) in [6.07, 6.45) is 4.38. The maximum absolute atomic E-state index is 12.1. The van der Waals surface area contributed by atoms with Crippen LogP contribution in [0, 0.1) is 0 Å². The van der Waals surface area contributed by atoms with Crippen LogP contribution in [0.5, 0.6) is 0 Å². The molecule has 0 spiro atoms. The predicted octanol–water partition coefficient (Wildman–Crippen LogP) is 5.39. The average Bonchev–Trinajstić information content (AvgIpc) is 2.90. The third-order valence-electron chi connectivity index (χ3n) is 7.22. The van der Waals surface area contributed by atoms with Crippen molar-refractivity contribution >= 4 is 6.09 Å². The Morgan fingerprint density at radius 3 is 1.68 bits per heavy atom. The first-order valence-corrected chi connectivity index (χ1v) is 13.9. The van der Waals surface area contributed by atoms with Crippen molar-refractivity contribution in [3.63, 3.8) is 0 Å². The van der Waals surface area contributed by atoms with Gasteiger partial charge in [0.2, 0.25) is 0 Å². The summed E-state index contributed by atoms with van der Waals surface area (Å²) >= 11 is 0. The fraction of sp³-hybridized carbons (Fsp3) is 0.581. The summed E-state index contributed by atoms with van der Waals surface area (Å²) in [5.41, 5.74) is 2.33. The largest absolute Gasteiger partial charge is 0.444 e. The van der Waals surface area contributed by atoms with Gasteiger partial charge in [0.15, 0.2) is 0 Å². The highest BCUT2D eigenvalue weighted by Gasteiger charge is 2.28. The summed E-state index contributed by atoms with van der Waals surface area (Å²) in [5.74, 6) is 0. The van der Waals surface area contributed by atoms with E-state index in [1.54, 1.807) is 0 Å². The number of amides is 1. The number of carbonyl (C=O) groups excluding carboxylic acids is 1. The van der Waals surface area contributed by atoms with Gasteiger partial charge >= 0.3 is 6.09 Å². The third-order valence-corrected chi connectivity index (χ3v) is 7.22. The van der Waals surface area contributed by atoms with Gasteiger partial charge in [-0.05, 0) is 84.8 Å². The van der Waals surface area contributed by atoms with Gasteiger partial charge in [0.25, 0.3) is 0 Å². The molecule has 1 N–H and O–H groups in total. The van der Waals surface area contributed by atoms with E-state index in [-0.39, 0.29) is 6.09 Å². The van der Waals surface area contributed by atoms with Crippen LogP contribution in [-0.2, 0) is 17.8 Å². The van der Waals surface area contributed by atoms with Crippen molar-refractivity contribution in [2.24, 2.45) is 0 Å². The topological polar surface area (TPSA) is 48.1 Å². The van der Waals surface area contributed by atoms with Crippen LogP contribution in [0.1, 0.15) is 57.6 Å². The van der Waals surface area contributed by atoms with Crippen LogP contribution >= 0.6 is 0 Å². The van der Waals surface area contributed by atoms with Gasteiger partial charge in [0, 0.05) is 38.3 Å². The lowest BCUT2D eigenvalue weighted by molar-refractivity contribution is 0.0153. The molecule has 2 saturated heterocycles. The standard InChI is InChI=1S/C18H28N2O2.C13H20N2/c1-18(2,3)22-17(21)20-12-10-16(11-13-20)19(4)14-15-8-6-5-7-9-15;1-15(13-7-9-14-10-8-13)11-12-5-3-2-4-6-12/h5-9,16H,10-14H2,1-4H3;2-6,13-14H,7-11H2,1H3. The molecule has 0 saturated carbocycles. The summed E-state index contributed by atoms with van der Waals surface area (Å²) in [6, 6.07) is 22.5. The Hall–Kier alpha value is -2.41. The van der Waals surface area contributed by atoms with Crippen LogP contribution in [0.25, 0.3) is 0 Å². The van der Waals surface area contributed by atoms with Crippen molar-refractivity contribution in [2.45, 2.75) is 77.2 Å². The molecule has 0 unspecified atom stereocenters. The molecular formula is C31H48N4O2. The zero-order valence-electron chi connectivity index (χ0n) is 23.7. The summed E-state index contributed by atoms with van der Waals surface area (Å²) < 4.78 is 5.44. The Bertz CT molecular complexity index is 902. The molecule has 0 atom stereocenters. The number of rotatable bonds is 6. The number of benzene rings is 2. The Labute approximate surface area is 225 Å². The Balaban J connectivity index is 0.000000220. The summed E-state index contributed by atoms with van der Waals surface area (Å²) in [6.45, 7) is 11.6. The Morgan fingerprint density at radius 2 is 1.24 bits per heavy atom. The van der Waals surface area contributed by atoms with E-state index in [0.29, 0.717) is 6.04 Å². The molecule has 2 heterocycles. The molecule has 204 valence electrons. The number of likely N-dealkylation sites (tertiary alicyclic amines) is 1. The lowest BCUT2D eigenvalue weighted by atomic mass is 10.0. The first-order valence-electron chi connectivity index (χ1n) is 13.9. The van der Waals surface area contributed by atoms with E-state index in [1.807, 2.05) is 31.7 Å². The predicted molar refractivity (Wildman–Crippen MR) is 153 cm³/mol.